The molecule has 0 fully saturated rings. The topological polar surface area (TPSA) is 99.2 Å². The summed E-state index contributed by atoms with van der Waals surface area (Å²) < 4.78 is 23.1. The van der Waals surface area contributed by atoms with Crippen LogP contribution < -0.4 is 0 Å². The van der Waals surface area contributed by atoms with E-state index in [1.807, 2.05) is 29.3 Å². The largest absolute Gasteiger partial charge is 0.506 e. The van der Waals surface area contributed by atoms with Gasteiger partial charge in [-0.2, -0.15) is 0 Å². The maximum atomic E-state index is 13.1. The van der Waals surface area contributed by atoms with E-state index in [-0.39, 0.29) is 18.1 Å². The van der Waals surface area contributed by atoms with Gasteiger partial charge in [-0.3, -0.25) is 4.21 Å². The summed E-state index contributed by atoms with van der Waals surface area (Å²) in [5.74, 6) is 0.384. The Hall–Kier alpha value is -2.50. The minimum Gasteiger partial charge on any atom is -0.506 e. The SMILES string of the molecule is CCOC(=O)c1c(CS(=O)c2nccs2)n(C)c2cc(Br)c(O)c(Cn3ccnc3C)c12. The Kier molecular flexibility index (Phi) is 6.50. The summed E-state index contributed by atoms with van der Waals surface area (Å²) in [7, 11) is 0.381. The van der Waals surface area contributed by atoms with Crippen molar-refractivity contribution in [1.82, 2.24) is 19.1 Å². The first-order valence-electron chi connectivity index (χ1n) is 9.77. The van der Waals surface area contributed by atoms with E-state index in [1.165, 1.54) is 11.3 Å². The first kappa shape index (κ1) is 22.7. The van der Waals surface area contributed by atoms with Crippen LogP contribution in [0.1, 0.15) is 34.4 Å². The third-order valence-corrected chi connectivity index (χ3v) is 8.29. The van der Waals surface area contributed by atoms with Crippen LogP contribution in [-0.2, 0) is 34.9 Å². The molecule has 3 heterocycles. The van der Waals surface area contributed by atoms with Crippen molar-refractivity contribution in [3.05, 3.63) is 57.2 Å². The zero-order valence-electron chi connectivity index (χ0n) is 17.7. The summed E-state index contributed by atoms with van der Waals surface area (Å²) in [6.45, 7) is 4.11. The van der Waals surface area contributed by atoms with Crippen LogP contribution in [0.3, 0.4) is 0 Å². The number of phenolic OH excluding ortho intramolecular Hbond substituents is 1. The van der Waals surface area contributed by atoms with Crippen molar-refractivity contribution in [3.8, 4) is 5.75 Å². The number of aryl methyl sites for hydroxylation is 2. The number of hydrogen-bond acceptors (Lipinski definition) is 7. The molecule has 0 saturated carbocycles. The molecule has 32 heavy (non-hydrogen) atoms. The Bertz CT molecular complexity index is 1330. The highest BCUT2D eigenvalue weighted by atomic mass is 79.9. The number of benzene rings is 1. The summed E-state index contributed by atoms with van der Waals surface area (Å²) in [6.07, 6.45) is 5.10. The molecular formula is C21H21BrN4O4S2. The van der Waals surface area contributed by atoms with Gasteiger partial charge >= 0.3 is 5.97 Å². The van der Waals surface area contributed by atoms with Gasteiger partial charge in [0.05, 0.1) is 45.3 Å². The Morgan fingerprint density at radius 2 is 2.12 bits per heavy atom. The average molecular weight is 537 g/mol. The number of aromatic nitrogens is 4. The van der Waals surface area contributed by atoms with E-state index >= 15 is 0 Å². The van der Waals surface area contributed by atoms with Crippen molar-refractivity contribution >= 4 is 54.9 Å². The van der Waals surface area contributed by atoms with Gasteiger partial charge in [0.2, 0.25) is 0 Å². The first-order valence-corrected chi connectivity index (χ1v) is 12.8. The second-order valence-corrected chi connectivity index (χ2v) is 10.4. The average Bonchev–Trinajstić information content (AvgIpc) is 3.48. The normalized spacial score (nSPS) is 12.4. The molecule has 11 heteroatoms. The number of esters is 1. The van der Waals surface area contributed by atoms with E-state index in [0.29, 0.717) is 37.6 Å². The number of halogens is 1. The second kappa shape index (κ2) is 9.16. The third-order valence-electron chi connectivity index (χ3n) is 5.24. The summed E-state index contributed by atoms with van der Waals surface area (Å²) in [6, 6.07) is 1.76. The molecule has 1 unspecified atom stereocenters. The fourth-order valence-electron chi connectivity index (χ4n) is 3.67. The van der Waals surface area contributed by atoms with Crippen molar-refractivity contribution in [2.45, 2.75) is 30.5 Å². The first-order chi connectivity index (χ1) is 15.3. The predicted molar refractivity (Wildman–Crippen MR) is 127 cm³/mol. The molecule has 4 aromatic rings. The molecule has 1 atom stereocenters. The van der Waals surface area contributed by atoms with Crippen LogP contribution in [0.5, 0.6) is 5.75 Å². The number of phenols is 1. The molecule has 168 valence electrons. The van der Waals surface area contributed by atoms with Crippen molar-refractivity contribution in [3.63, 3.8) is 0 Å². The zero-order chi connectivity index (χ0) is 23.0. The summed E-state index contributed by atoms with van der Waals surface area (Å²) >= 11 is 4.74. The van der Waals surface area contributed by atoms with E-state index in [1.54, 1.807) is 30.8 Å². The van der Waals surface area contributed by atoms with Crippen molar-refractivity contribution in [2.24, 2.45) is 7.05 Å². The highest BCUT2D eigenvalue weighted by Gasteiger charge is 2.28. The molecule has 0 aliphatic carbocycles. The van der Waals surface area contributed by atoms with Crippen molar-refractivity contribution in [2.75, 3.05) is 6.61 Å². The fraction of sp³-hybridized carbons (Fsp3) is 0.286. The fourth-order valence-corrected chi connectivity index (χ4v) is 6.15. The van der Waals surface area contributed by atoms with Crippen molar-refractivity contribution < 1.29 is 18.8 Å². The molecule has 4 rings (SSSR count). The van der Waals surface area contributed by atoms with Crippen LogP contribution in [0.2, 0.25) is 0 Å². The molecule has 0 saturated heterocycles. The molecule has 0 aliphatic heterocycles. The van der Waals surface area contributed by atoms with Crippen LogP contribution in [0.25, 0.3) is 10.9 Å². The lowest BCUT2D eigenvalue weighted by molar-refractivity contribution is 0.0527. The molecule has 0 amide bonds. The highest BCUT2D eigenvalue weighted by molar-refractivity contribution is 9.10. The van der Waals surface area contributed by atoms with Crippen LogP contribution in [0.15, 0.2) is 38.8 Å². The molecule has 1 N–H and O–H groups in total. The van der Waals surface area contributed by atoms with Crippen LogP contribution >= 0.6 is 27.3 Å². The van der Waals surface area contributed by atoms with Gasteiger partial charge in [-0.15, -0.1) is 11.3 Å². The van der Waals surface area contributed by atoms with Gasteiger partial charge in [-0.25, -0.2) is 14.8 Å². The Balaban J connectivity index is 1.97. The number of carbonyl (C=O) groups excluding carboxylic acids is 1. The Morgan fingerprint density at radius 1 is 1.34 bits per heavy atom. The number of imidazole rings is 1. The lowest BCUT2D eigenvalue weighted by atomic mass is 10.0. The van der Waals surface area contributed by atoms with Gasteiger partial charge in [0.25, 0.3) is 0 Å². The number of thiazole rings is 1. The number of nitrogens with zero attached hydrogens (tertiary/aromatic N) is 4. The maximum Gasteiger partial charge on any atom is 0.340 e. The number of hydrogen-bond donors (Lipinski definition) is 1. The summed E-state index contributed by atoms with van der Waals surface area (Å²) in [4.78, 5) is 21.5. The van der Waals surface area contributed by atoms with Crippen molar-refractivity contribution in [1.29, 1.82) is 0 Å². The number of ether oxygens (including phenoxy) is 1. The lowest BCUT2D eigenvalue weighted by Crippen LogP contribution is -2.11. The molecule has 0 aliphatic rings. The number of aromatic hydroxyl groups is 1. The van der Waals surface area contributed by atoms with Crippen LogP contribution in [-0.4, -0.2) is 41.0 Å². The Morgan fingerprint density at radius 3 is 2.75 bits per heavy atom. The van der Waals surface area contributed by atoms with Gasteiger partial charge in [0.15, 0.2) is 4.34 Å². The monoisotopic (exact) mass is 536 g/mol. The van der Waals surface area contributed by atoms with E-state index < -0.39 is 16.8 Å². The molecule has 8 nitrogen and oxygen atoms in total. The summed E-state index contributed by atoms with van der Waals surface area (Å²) in [5.41, 5.74) is 2.15. The van der Waals surface area contributed by atoms with E-state index in [4.69, 9.17) is 4.74 Å². The Labute approximate surface area is 199 Å². The summed E-state index contributed by atoms with van der Waals surface area (Å²) in [5, 5.41) is 13.3. The van der Waals surface area contributed by atoms with Gasteiger partial charge < -0.3 is 19.0 Å². The van der Waals surface area contributed by atoms with Gasteiger partial charge in [-0.1, -0.05) is 0 Å². The van der Waals surface area contributed by atoms with Crippen LogP contribution in [0.4, 0.5) is 0 Å². The van der Waals surface area contributed by atoms with Gasteiger partial charge in [-0.05, 0) is 35.8 Å². The van der Waals surface area contributed by atoms with E-state index in [0.717, 1.165) is 11.3 Å². The standard InChI is InChI=1S/C21H21BrN4O4S2/c1-4-30-20(28)18-16(11-32(29)21-24-6-8-31-21)25(3)15-9-14(22)19(27)13(17(15)18)10-26-7-5-23-12(26)2/h5-9,27H,4,10-11H2,1-3H3. The maximum absolute atomic E-state index is 13.1. The molecule has 3 aromatic heterocycles. The highest BCUT2D eigenvalue weighted by Crippen LogP contribution is 2.40. The van der Waals surface area contributed by atoms with E-state index in [9.17, 15) is 14.1 Å². The molecule has 1 aromatic carbocycles. The van der Waals surface area contributed by atoms with Gasteiger partial charge in [0, 0.05) is 47.7 Å². The van der Waals surface area contributed by atoms with E-state index in [2.05, 4.69) is 25.9 Å². The van der Waals surface area contributed by atoms with Crippen LogP contribution in [0, 0.1) is 6.92 Å². The smallest absolute Gasteiger partial charge is 0.340 e. The molecule has 0 bridgehead atoms. The predicted octanol–water partition coefficient (Wildman–Crippen LogP) is 4.14. The zero-order valence-corrected chi connectivity index (χ0v) is 20.9. The lowest BCUT2D eigenvalue weighted by Gasteiger charge is -2.12. The molecule has 0 spiro atoms. The third kappa shape index (κ3) is 4.00. The quantitative estimate of drug-likeness (QED) is 0.356. The molecular weight excluding hydrogens is 516 g/mol. The minimum absolute atomic E-state index is 0.0364. The number of rotatable bonds is 7. The van der Waals surface area contributed by atoms with Gasteiger partial charge in [0.1, 0.15) is 11.6 Å². The number of fused-ring (bicyclic) bond motifs is 1. The molecule has 0 radical (unpaired) electrons. The second-order valence-electron chi connectivity index (χ2n) is 7.07. The minimum atomic E-state index is -1.43. The number of carbonyl (C=O) groups is 1.